The quantitative estimate of drug-likeness (QED) is 0.259. The number of carbonyl (C=O) groups excluding carboxylic acids is 3. The molecule has 6 unspecified atom stereocenters. The molecule has 1 heterocycles. The van der Waals surface area contributed by atoms with Gasteiger partial charge in [0.25, 0.3) is 0 Å². The summed E-state index contributed by atoms with van der Waals surface area (Å²) in [5.41, 5.74) is -2.32. The number of rotatable bonds is 7. The van der Waals surface area contributed by atoms with Crippen LogP contribution in [0.5, 0.6) is 0 Å². The fourth-order valence-electron chi connectivity index (χ4n) is 7.36. The number of carbonyl (C=O) groups is 3. The molecule has 2 bridgehead atoms. The van der Waals surface area contributed by atoms with E-state index in [0.29, 0.717) is 31.2 Å². The molecule has 2 saturated carbocycles. The van der Waals surface area contributed by atoms with Gasteiger partial charge >= 0.3 is 0 Å². The number of fused-ring (bicyclic) bond motifs is 4. The number of ether oxygens (including phenoxy) is 1. The molecule has 38 heavy (non-hydrogen) atoms. The number of allylic oxidation sites excluding steroid dienone is 4. The van der Waals surface area contributed by atoms with E-state index < -0.39 is 45.8 Å². The Hall–Kier alpha value is -2.37. The van der Waals surface area contributed by atoms with E-state index >= 15 is 4.79 Å². The molecular formula is C33H44O5. The molecule has 2 aliphatic carbocycles. The van der Waals surface area contributed by atoms with Crippen LogP contribution < -0.4 is 0 Å². The number of hydrogen-bond donors (Lipinski definition) is 1. The Balaban J connectivity index is 2.02. The highest BCUT2D eigenvalue weighted by Gasteiger charge is 2.78. The van der Waals surface area contributed by atoms with Crippen molar-refractivity contribution in [3.63, 3.8) is 0 Å². The van der Waals surface area contributed by atoms with E-state index in [2.05, 4.69) is 12.2 Å². The minimum atomic E-state index is -1.82. The summed E-state index contributed by atoms with van der Waals surface area (Å²) in [6.45, 7) is 15.3. The van der Waals surface area contributed by atoms with E-state index in [4.69, 9.17) is 4.74 Å². The minimum absolute atomic E-state index is 0.0944. The Labute approximate surface area is 227 Å². The van der Waals surface area contributed by atoms with Crippen LogP contribution in [0.15, 0.2) is 53.6 Å². The first-order valence-electron chi connectivity index (χ1n) is 13.9. The molecule has 0 spiro atoms. The lowest BCUT2D eigenvalue weighted by molar-refractivity contribution is -0.195. The number of aliphatic hydroxyl groups is 1. The van der Waals surface area contributed by atoms with Gasteiger partial charge in [-0.2, -0.15) is 0 Å². The van der Waals surface area contributed by atoms with Gasteiger partial charge in [0.2, 0.25) is 0 Å². The third-order valence-corrected chi connectivity index (χ3v) is 9.64. The second-order valence-electron chi connectivity index (χ2n) is 13.5. The zero-order chi connectivity index (χ0) is 28.3. The molecular weight excluding hydrogens is 476 g/mol. The third-order valence-electron chi connectivity index (χ3n) is 9.64. The average molecular weight is 521 g/mol. The van der Waals surface area contributed by atoms with E-state index in [1.807, 2.05) is 47.6 Å². The molecule has 3 aliphatic rings. The van der Waals surface area contributed by atoms with Crippen molar-refractivity contribution in [2.45, 2.75) is 98.9 Å². The van der Waals surface area contributed by atoms with Crippen molar-refractivity contribution in [2.24, 2.45) is 28.1 Å². The van der Waals surface area contributed by atoms with Crippen molar-refractivity contribution in [1.29, 1.82) is 0 Å². The average Bonchev–Trinajstić information content (AvgIpc) is 3.30. The molecule has 1 aromatic carbocycles. The predicted octanol–water partition coefficient (Wildman–Crippen LogP) is 6.30. The highest BCUT2D eigenvalue weighted by atomic mass is 16.5. The fraction of sp³-hybridized carbons (Fsp3) is 0.606. The van der Waals surface area contributed by atoms with Crippen LogP contribution in [0.25, 0.3) is 0 Å². The van der Waals surface area contributed by atoms with Crippen LogP contribution in [-0.4, -0.2) is 40.3 Å². The molecule has 206 valence electrons. The van der Waals surface area contributed by atoms with Gasteiger partial charge in [-0.25, -0.2) is 0 Å². The molecule has 5 heteroatoms. The largest absolute Gasteiger partial charge is 0.388 e. The van der Waals surface area contributed by atoms with Crippen LogP contribution in [0.4, 0.5) is 0 Å². The fourth-order valence-corrected chi connectivity index (χ4v) is 7.36. The molecule has 1 saturated heterocycles. The lowest BCUT2D eigenvalue weighted by Gasteiger charge is -2.62. The van der Waals surface area contributed by atoms with Gasteiger partial charge in [-0.05, 0) is 78.6 Å². The van der Waals surface area contributed by atoms with E-state index in [1.54, 1.807) is 38.1 Å². The topological polar surface area (TPSA) is 80.7 Å². The van der Waals surface area contributed by atoms with Crippen molar-refractivity contribution in [3.05, 3.63) is 59.2 Å². The van der Waals surface area contributed by atoms with Crippen molar-refractivity contribution in [1.82, 2.24) is 0 Å². The lowest BCUT2D eigenvalue weighted by atomic mass is 9.37. The van der Waals surface area contributed by atoms with Gasteiger partial charge < -0.3 is 9.84 Å². The normalized spacial score (nSPS) is 33.9. The van der Waals surface area contributed by atoms with E-state index in [1.165, 1.54) is 0 Å². The van der Waals surface area contributed by atoms with E-state index in [9.17, 15) is 14.7 Å². The summed E-state index contributed by atoms with van der Waals surface area (Å²) < 4.78 is 6.52. The highest BCUT2D eigenvalue weighted by Crippen LogP contribution is 2.68. The summed E-state index contributed by atoms with van der Waals surface area (Å²) in [7, 11) is 0. The summed E-state index contributed by atoms with van der Waals surface area (Å²) >= 11 is 0. The second kappa shape index (κ2) is 9.67. The molecule has 0 aromatic heterocycles. The third kappa shape index (κ3) is 4.17. The van der Waals surface area contributed by atoms with Gasteiger partial charge in [-0.1, -0.05) is 67.5 Å². The molecule has 6 atom stereocenters. The zero-order valence-corrected chi connectivity index (χ0v) is 24.3. The van der Waals surface area contributed by atoms with Gasteiger partial charge in [0.1, 0.15) is 0 Å². The van der Waals surface area contributed by atoms with Crippen LogP contribution >= 0.6 is 0 Å². The highest BCUT2D eigenvalue weighted by molar-refractivity contribution is 6.32. The van der Waals surface area contributed by atoms with Gasteiger partial charge in [-0.3, -0.25) is 14.4 Å². The smallest absolute Gasteiger partial charge is 0.184 e. The minimum Gasteiger partial charge on any atom is -0.388 e. The Morgan fingerprint density at radius 2 is 1.66 bits per heavy atom. The summed E-state index contributed by atoms with van der Waals surface area (Å²) in [5.74, 6) is -1.74. The molecule has 5 nitrogen and oxygen atoms in total. The Morgan fingerprint density at radius 1 is 1.05 bits per heavy atom. The van der Waals surface area contributed by atoms with Crippen LogP contribution in [0.1, 0.15) is 91.4 Å². The molecule has 3 fully saturated rings. The molecule has 1 aromatic rings. The molecule has 1 aliphatic heterocycles. The first-order chi connectivity index (χ1) is 17.6. The van der Waals surface area contributed by atoms with Crippen LogP contribution in [0, 0.1) is 28.1 Å². The van der Waals surface area contributed by atoms with E-state index in [0.717, 1.165) is 11.1 Å². The number of ketones is 3. The first kappa shape index (κ1) is 28.6. The summed E-state index contributed by atoms with van der Waals surface area (Å²) in [6.07, 6.45) is 4.86. The van der Waals surface area contributed by atoms with Gasteiger partial charge in [0.05, 0.1) is 23.2 Å². The summed E-state index contributed by atoms with van der Waals surface area (Å²) in [6, 6.07) is 8.81. The monoisotopic (exact) mass is 520 g/mol. The van der Waals surface area contributed by atoms with Crippen molar-refractivity contribution in [2.75, 3.05) is 0 Å². The number of Topliss-reactive ketones (excluding diaryl/α,β-unsaturated/α-hetero) is 3. The second-order valence-corrected chi connectivity index (χ2v) is 13.5. The molecule has 0 radical (unpaired) electrons. The number of benzene rings is 1. The molecule has 0 amide bonds. The van der Waals surface area contributed by atoms with Crippen molar-refractivity contribution in [3.8, 4) is 0 Å². The summed E-state index contributed by atoms with van der Waals surface area (Å²) in [4.78, 5) is 44.5. The van der Waals surface area contributed by atoms with Crippen molar-refractivity contribution >= 4 is 17.3 Å². The Morgan fingerprint density at radius 3 is 2.21 bits per heavy atom. The summed E-state index contributed by atoms with van der Waals surface area (Å²) in [5, 5.41) is 10.9. The SMILES string of the molecule is CC(C)=CCC1CC2(CC=C(C)C)C(=O)C(C(=O)c3ccccc3)(C(=O)C3CC(C(C)(C)O)OC32)C1(C)C. The molecule has 1 N–H and O–H groups in total. The van der Waals surface area contributed by atoms with Crippen LogP contribution in [0.3, 0.4) is 0 Å². The maximum absolute atomic E-state index is 15.1. The Kier molecular flexibility index (Phi) is 7.29. The maximum Gasteiger partial charge on any atom is 0.184 e. The van der Waals surface area contributed by atoms with Crippen molar-refractivity contribution < 1.29 is 24.2 Å². The van der Waals surface area contributed by atoms with Gasteiger partial charge in [0.15, 0.2) is 22.8 Å². The van der Waals surface area contributed by atoms with Gasteiger partial charge in [0, 0.05) is 11.5 Å². The van der Waals surface area contributed by atoms with Gasteiger partial charge in [-0.15, -0.1) is 0 Å². The first-order valence-corrected chi connectivity index (χ1v) is 13.9. The van der Waals surface area contributed by atoms with E-state index in [-0.39, 0.29) is 17.5 Å². The number of hydrogen-bond acceptors (Lipinski definition) is 5. The predicted molar refractivity (Wildman–Crippen MR) is 149 cm³/mol. The lowest BCUT2D eigenvalue weighted by Crippen LogP contribution is -2.74. The zero-order valence-electron chi connectivity index (χ0n) is 24.3. The van der Waals surface area contributed by atoms with Crippen LogP contribution in [-0.2, 0) is 14.3 Å². The maximum atomic E-state index is 15.1. The van der Waals surface area contributed by atoms with Crippen LogP contribution in [0.2, 0.25) is 0 Å². The standard InChI is InChI=1S/C33H44O5/c1-20(2)14-15-23-19-32(17-16-21(3)4)28-24(18-25(38-28)31(7,8)37)27(35)33(29(32)36,30(23,5)6)26(34)22-12-10-9-11-13-22/h9-14,16,23-25,28,37H,15,17-19H2,1-8H3. The Bertz CT molecular complexity index is 1180. The molecule has 4 rings (SSSR count).